The molecule has 7 amide bonds. The summed E-state index contributed by atoms with van der Waals surface area (Å²) in [7, 11) is 0. The number of thiazole rings is 5. The van der Waals surface area contributed by atoms with Crippen LogP contribution in [0.25, 0.3) is 32.8 Å². The molecule has 10 heterocycles. The summed E-state index contributed by atoms with van der Waals surface area (Å²) in [5, 5.41) is 56.9. The number of hydrogen-bond acceptors (Lipinski definition) is 25. The molecule has 0 radical (unpaired) electrons. The number of aliphatic hydroxyl groups excluding tert-OH is 2. The first kappa shape index (κ1) is 70.6. The van der Waals surface area contributed by atoms with Crippen molar-refractivity contribution < 1.29 is 58.4 Å². The standard InChI is InChI=1S/C68H71N15O12S6/c1-33-49(84)26-83-55(33)66-79-48(32-100-66)63-75-44(28-97-63)53-40(18-19-41(72-53)62-77-45(30-98-62)57(88)71-38-14-12-37(13-15-38)68(93)94)61-76-46(29-96-61)58(89)73-42(25-50(69)85)64-81-52(34(2)101-64)60(91)80-54(56(87)36-8-4-3-5-9-36)65-78-47(31-99-65)59(90)74-43(67(83)92)24-35-10-16-39(17-11-35)95-27-51(86)70-20-23-82-21-6-7-22-82/h3-5,8-11,16-19,28,30-33,37-38,42-43,46,49,54-56,84,87H,6-7,12-15,20-27,29H2,1-2H3,(H2,69,85)(H,70,86)(H,71,88)(H,73,89)(H,74,90)(H,80,91)(H,93,94)/t33-,37-,38-,42-,43-,46?,49-,54-,55-,56+/m0/s1. The van der Waals surface area contributed by atoms with Crippen LogP contribution in [0.4, 0.5) is 0 Å². The quantitative estimate of drug-likeness (QED) is 0.0487. The molecule has 1 saturated carbocycles. The maximum absolute atomic E-state index is 15.5. The minimum Gasteiger partial charge on any atom is -0.484 e. The van der Waals surface area contributed by atoms with Gasteiger partial charge in [0.1, 0.15) is 94.2 Å². The van der Waals surface area contributed by atoms with Gasteiger partial charge in [-0.05, 0) is 93.9 Å². The van der Waals surface area contributed by atoms with E-state index >= 15 is 4.79 Å². The molecule has 101 heavy (non-hydrogen) atoms. The Morgan fingerprint density at radius 1 is 0.752 bits per heavy atom. The fourth-order valence-corrected chi connectivity index (χ4v) is 18.4. The predicted molar refractivity (Wildman–Crippen MR) is 382 cm³/mol. The van der Waals surface area contributed by atoms with E-state index in [9.17, 15) is 48.9 Å². The largest absolute Gasteiger partial charge is 0.484 e. The molecule has 526 valence electrons. The normalized spacial score (nSPS) is 23.0. The second-order valence-corrected chi connectivity index (χ2v) is 31.1. The molecule has 6 aromatic heterocycles. The topological polar surface area (TPSA) is 389 Å². The minimum atomic E-state index is -1.43. The van der Waals surface area contributed by atoms with Gasteiger partial charge in [-0.25, -0.2) is 29.9 Å². The first-order valence-electron chi connectivity index (χ1n) is 33.0. The number of benzene rings is 2. The fourth-order valence-electron chi connectivity index (χ4n) is 12.9. The molecule has 13 rings (SSSR count). The van der Waals surface area contributed by atoms with Gasteiger partial charge in [0.2, 0.25) is 17.7 Å². The van der Waals surface area contributed by atoms with Crippen molar-refractivity contribution >= 4 is 121 Å². The van der Waals surface area contributed by atoms with Gasteiger partial charge in [0, 0.05) is 75.7 Å². The molecule has 2 aromatic carbocycles. The number of ether oxygens (including phenoxy) is 1. The van der Waals surface area contributed by atoms with Gasteiger partial charge in [-0.3, -0.25) is 43.3 Å². The summed E-state index contributed by atoms with van der Waals surface area (Å²) in [5.41, 5.74) is 8.92. The van der Waals surface area contributed by atoms with Crippen LogP contribution in [-0.4, -0.2) is 177 Å². The Labute approximate surface area is 603 Å². The van der Waals surface area contributed by atoms with Crippen LogP contribution in [0.2, 0.25) is 0 Å². The number of carbonyl (C=O) groups excluding carboxylic acids is 7. The Bertz CT molecular complexity index is 4450. The number of aromatic nitrogens is 6. The monoisotopic (exact) mass is 1480 g/mol. The van der Waals surface area contributed by atoms with E-state index in [4.69, 9.17) is 40.4 Å². The maximum Gasteiger partial charge on any atom is 0.306 e. The molecule has 10 bridgehead atoms. The average molecular weight is 1480 g/mol. The highest BCUT2D eigenvalue weighted by Gasteiger charge is 2.46. The number of nitrogens with zero attached hydrogens (tertiary/aromatic N) is 9. The highest BCUT2D eigenvalue weighted by Crippen LogP contribution is 2.43. The third-order valence-corrected chi connectivity index (χ3v) is 24.1. The van der Waals surface area contributed by atoms with Crippen LogP contribution in [0.15, 0.2) is 93.2 Å². The maximum atomic E-state index is 15.5. The van der Waals surface area contributed by atoms with Crippen molar-refractivity contribution in [2.75, 3.05) is 45.1 Å². The summed E-state index contributed by atoms with van der Waals surface area (Å²) < 4.78 is 5.86. The second kappa shape index (κ2) is 31.2. The number of pyridine rings is 1. The molecule has 2 saturated heterocycles. The Hall–Kier alpha value is -8.80. The van der Waals surface area contributed by atoms with Gasteiger partial charge in [-0.1, -0.05) is 49.4 Å². The van der Waals surface area contributed by atoms with Crippen molar-refractivity contribution in [1.82, 2.24) is 66.3 Å². The van der Waals surface area contributed by atoms with Crippen LogP contribution in [-0.2, 0) is 30.4 Å². The van der Waals surface area contributed by atoms with Gasteiger partial charge in [0.05, 0.1) is 36.2 Å². The van der Waals surface area contributed by atoms with E-state index in [2.05, 4.69) is 36.5 Å². The number of amides is 7. The molecule has 33 heteroatoms. The van der Waals surface area contributed by atoms with Crippen LogP contribution < -0.4 is 37.1 Å². The molecule has 27 nitrogen and oxygen atoms in total. The van der Waals surface area contributed by atoms with E-state index in [1.165, 1.54) is 56.1 Å². The van der Waals surface area contributed by atoms with Crippen molar-refractivity contribution in [2.24, 2.45) is 22.6 Å². The number of likely N-dealkylation sites (tertiary alicyclic amines) is 1. The number of carboxylic acids is 1. The van der Waals surface area contributed by atoms with Crippen LogP contribution >= 0.6 is 68.4 Å². The molecule has 4 aliphatic heterocycles. The first-order chi connectivity index (χ1) is 48.8. The first-order valence-corrected chi connectivity index (χ1v) is 38.3. The molecule has 0 spiro atoms. The lowest BCUT2D eigenvalue weighted by molar-refractivity contribution is -0.143. The minimum absolute atomic E-state index is 0.0535. The molecule has 5 aliphatic rings. The van der Waals surface area contributed by atoms with Gasteiger partial charge >= 0.3 is 5.97 Å². The number of aliphatic carboxylic acids is 1. The molecular formula is C68H71N15O12S6. The van der Waals surface area contributed by atoms with Crippen LogP contribution in [0.3, 0.4) is 0 Å². The summed E-state index contributed by atoms with van der Waals surface area (Å²) in [4.78, 5) is 149. The smallest absolute Gasteiger partial charge is 0.306 e. The summed E-state index contributed by atoms with van der Waals surface area (Å²) in [5.74, 6) is -5.30. The van der Waals surface area contributed by atoms with Crippen LogP contribution in [0.1, 0.15) is 144 Å². The van der Waals surface area contributed by atoms with E-state index in [0.29, 0.717) is 102 Å². The molecule has 1 aliphatic carbocycles. The third-order valence-electron chi connectivity index (χ3n) is 18.4. The number of fused-ring (bicyclic) bond motifs is 15. The zero-order chi connectivity index (χ0) is 70.6. The van der Waals surface area contributed by atoms with E-state index in [-0.39, 0.29) is 70.8 Å². The number of nitrogens with one attached hydrogen (secondary N) is 5. The van der Waals surface area contributed by atoms with E-state index in [0.717, 1.165) is 55.1 Å². The van der Waals surface area contributed by atoms with Crippen molar-refractivity contribution in [1.29, 1.82) is 0 Å². The SMILES string of the molecule is Cc1sc2nc1C(=O)N[C@@H]([C@H](O)c1ccccc1)c1nc(cs1)C(=O)N[C@@H](Cc1ccc(OCC(=O)NCCN3CCCC3)cc1)C(=O)N1C[C@H](O)[C@H](C)[C@H]1c1nc(cs1)-c1nc(cs1)-c1nc(-c3nc(C(=O)N[C@H]4CC[C@H](C(=O)O)CC4)cs3)ccc1C1=NC(CS1)C(=O)N[C@H]2CC(N)=O. The molecule has 3 fully saturated rings. The Morgan fingerprint density at radius 3 is 2.24 bits per heavy atom. The molecule has 8 aromatic rings. The molecule has 1 unspecified atom stereocenters. The Balaban J connectivity index is 0.846. The number of carbonyl (C=O) groups is 8. The van der Waals surface area contributed by atoms with Crippen LogP contribution in [0.5, 0.6) is 5.75 Å². The number of primary amides is 1. The van der Waals surface area contributed by atoms with Gasteiger partial charge in [-0.15, -0.1) is 68.4 Å². The van der Waals surface area contributed by atoms with E-state index in [1.807, 2.05) is 12.3 Å². The van der Waals surface area contributed by atoms with E-state index in [1.54, 1.807) is 84.4 Å². The van der Waals surface area contributed by atoms with E-state index < -0.39 is 95.7 Å². The number of carboxylic acid groups (broad SMARTS) is 1. The zero-order valence-corrected chi connectivity index (χ0v) is 59.5. The lowest BCUT2D eigenvalue weighted by Gasteiger charge is -2.29. The van der Waals surface area contributed by atoms with Crippen molar-refractivity contribution in [3.05, 3.63) is 142 Å². The number of aliphatic imine (C=N–C) groups is 1. The molecular weight excluding hydrogens is 1410 g/mol. The number of hydrogen-bond donors (Lipinski definition) is 9. The lowest BCUT2D eigenvalue weighted by Crippen LogP contribution is -2.50. The lowest BCUT2D eigenvalue weighted by atomic mass is 9.86. The summed E-state index contributed by atoms with van der Waals surface area (Å²) >= 11 is 7.10. The van der Waals surface area contributed by atoms with Gasteiger partial charge in [-0.2, -0.15) is 0 Å². The Kier molecular flexibility index (Phi) is 21.8. The van der Waals surface area contributed by atoms with Gasteiger partial charge in [0.15, 0.2) is 6.61 Å². The zero-order valence-electron chi connectivity index (χ0n) is 54.6. The summed E-state index contributed by atoms with van der Waals surface area (Å²) in [6.45, 7) is 6.42. The van der Waals surface area contributed by atoms with Gasteiger partial charge in [0.25, 0.3) is 23.6 Å². The van der Waals surface area contributed by atoms with Gasteiger partial charge < -0.3 is 62.2 Å². The summed E-state index contributed by atoms with van der Waals surface area (Å²) in [6.07, 6.45) is 1.36. The Morgan fingerprint density at radius 2 is 1.48 bits per heavy atom. The highest BCUT2D eigenvalue weighted by molar-refractivity contribution is 8.14. The predicted octanol–water partition coefficient (Wildman–Crippen LogP) is 6.67. The highest BCUT2D eigenvalue weighted by atomic mass is 32.2. The third kappa shape index (κ3) is 16.3. The van der Waals surface area contributed by atoms with Crippen molar-refractivity contribution in [2.45, 2.75) is 114 Å². The van der Waals surface area contributed by atoms with Crippen molar-refractivity contribution in [3.63, 3.8) is 0 Å². The van der Waals surface area contributed by atoms with Crippen molar-refractivity contribution in [3.8, 4) is 38.5 Å². The number of rotatable bonds is 16. The number of aryl methyl sites for hydroxylation is 1. The molecule has 10 N–H and O–H groups in total. The number of nitrogens with two attached hydrogens (primary N) is 1. The molecule has 8 atom stereocenters. The average Bonchev–Trinajstić information content (AvgIpc) is 1.66. The summed E-state index contributed by atoms with van der Waals surface area (Å²) in [6, 6.07) is 13.2. The van der Waals surface area contributed by atoms with Crippen LogP contribution in [0, 0.1) is 18.8 Å². The number of thioether (sulfide) groups is 1. The second-order valence-electron chi connectivity index (χ2n) is 25.4. The fraction of sp³-hybridized carbons (Fsp3) is 0.397. The number of aliphatic hydroxyl groups is 2.